The zero-order valence-corrected chi connectivity index (χ0v) is 13.5. The van der Waals surface area contributed by atoms with Gasteiger partial charge in [0.05, 0.1) is 12.5 Å². The van der Waals surface area contributed by atoms with Crippen LogP contribution in [-0.4, -0.2) is 34.8 Å². The molecule has 2 heterocycles. The average molecular weight is 320 g/mol. The number of esters is 1. The maximum absolute atomic E-state index is 12.1. The number of rotatable bonds is 3. The normalized spacial score (nSPS) is 15.3. The maximum Gasteiger partial charge on any atom is 0.332 e. The van der Waals surface area contributed by atoms with Crippen LogP contribution in [-0.2, 0) is 23.6 Å². The highest BCUT2D eigenvalue weighted by Crippen LogP contribution is 2.24. The Balaban J connectivity index is 2.32. The minimum absolute atomic E-state index is 0.0517. The van der Waals surface area contributed by atoms with Crippen molar-refractivity contribution < 1.29 is 9.53 Å². The van der Waals surface area contributed by atoms with Crippen molar-refractivity contribution in [3.8, 4) is 6.07 Å². The summed E-state index contributed by atoms with van der Waals surface area (Å²) in [6.07, 6.45) is 1.13. The van der Waals surface area contributed by atoms with E-state index in [0.717, 1.165) is 4.57 Å². The second-order valence-corrected chi connectivity index (χ2v) is 5.53. The number of ether oxygens (including phenoxy) is 1. The lowest BCUT2D eigenvalue weighted by Gasteiger charge is -2.33. The van der Waals surface area contributed by atoms with Crippen molar-refractivity contribution in [3.05, 3.63) is 26.4 Å². The molecule has 23 heavy (non-hydrogen) atoms. The third-order valence-corrected chi connectivity index (χ3v) is 4.16. The van der Waals surface area contributed by atoms with Crippen molar-refractivity contribution in [2.24, 2.45) is 20.0 Å². The number of carbonyl (C=O) groups excluding carboxylic acids is 1. The Labute approximate surface area is 133 Å². The van der Waals surface area contributed by atoms with Gasteiger partial charge >= 0.3 is 11.7 Å². The van der Waals surface area contributed by atoms with Gasteiger partial charge in [-0.3, -0.25) is 18.7 Å². The summed E-state index contributed by atoms with van der Waals surface area (Å²) in [7, 11) is 2.89. The largest absolute Gasteiger partial charge is 0.466 e. The molecule has 0 unspecified atom stereocenters. The topological polar surface area (TPSA) is 97.3 Å². The molecular formula is C15H20N4O4. The molecule has 0 atom stereocenters. The molecule has 1 aromatic rings. The smallest absolute Gasteiger partial charge is 0.332 e. The van der Waals surface area contributed by atoms with Gasteiger partial charge in [0, 0.05) is 27.2 Å². The highest BCUT2D eigenvalue weighted by atomic mass is 16.5. The Morgan fingerprint density at radius 1 is 1.26 bits per heavy atom. The minimum atomic E-state index is -0.599. The predicted octanol–water partition coefficient (Wildman–Crippen LogP) is -0.265. The molecule has 0 radical (unpaired) electrons. The number of anilines is 1. The van der Waals surface area contributed by atoms with Crippen LogP contribution in [0.1, 0.15) is 25.3 Å². The number of nitriles is 1. The summed E-state index contributed by atoms with van der Waals surface area (Å²) in [6, 6.07) is 1.90. The third-order valence-electron chi connectivity index (χ3n) is 4.16. The zero-order chi connectivity index (χ0) is 17.1. The first-order chi connectivity index (χ1) is 10.9. The van der Waals surface area contributed by atoms with Gasteiger partial charge in [0.15, 0.2) is 5.56 Å². The zero-order valence-electron chi connectivity index (χ0n) is 13.5. The molecule has 8 heteroatoms. The summed E-state index contributed by atoms with van der Waals surface area (Å²) >= 11 is 0. The number of hydrogen-bond acceptors (Lipinski definition) is 6. The van der Waals surface area contributed by atoms with Crippen LogP contribution in [0.5, 0.6) is 0 Å². The summed E-state index contributed by atoms with van der Waals surface area (Å²) in [5.74, 6) is -0.0752. The van der Waals surface area contributed by atoms with E-state index in [-0.39, 0.29) is 17.5 Å². The van der Waals surface area contributed by atoms with Crippen LogP contribution >= 0.6 is 0 Å². The van der Waals surface area contributed by atoms with Gasteiger partial charge in [-0.25, -0.2) is 4.79 Å². The van der Waals surface area contributed by atoms with Crippen LogP contribution in [0.2, 0.25) is 0 Å². The van der Waals surface area contributed by atoms with Crippen molar-refractivity contribution in [1.82, 2.24) is 9.13 Å². The lowest BCUT2D eigenvalue weighted by molar-refractivity contribution is -0.148. The molecule has 0 spiro atoms. The molecule has 0 bridgehead atoms. The van der Waals surface area contributed by atoms with Gasteiger partial charge in [-0.05, 0) is 19.8 Å². The number of piperidine rings is 1. The average Bonchev–Trinajstić information content (AvgIpc) is 2.56. The van der Waals surface area contributed by atoms with Crippen LogP contribution in [0.25, 0.3) is 0 Å². The van der Waals surface area contributed by atoms with E-state index in [1.807, 2.05) is 11.0 Å². The first-order valence-electron chi connectivity index (χ1n) is 7.54. The molecular weight excluding hydrogens is 300 g/mol. The van der Waals surface area contributed by atoms with Gasteiger partial charge in [0.25, 0.3) is 5.56 Å². The number of carbonyl (C=O) groups is 1. The molecule has 0 N–H and O–H groups in total. The molecule has 8 nitrogen and oxygen atoms in total. The fourth-order valence-electron chi connectivity index (χ4n) is 2.89. The van der Waals surface area contributed by atoms with Crippen molar-refractivity contribution in [1.29, 1.82) is 5.26 Å². The molecule has 1 aliphatic rings. The molecule has 0 amide bonds. The van der Waals surface area contributed by atoms with E-state index in [2.05, 4.69) is 0 Å². The van der Waals surface area contributed by atoms with Crippen molar-refractivity contribution in [2.75, 3.05) is 24.6 Å². The monoisotopic (exact) mass is 320 g/mol. The predicted molar refractivity (Wildman–Crippen MR) is 83.2 cm³/mol. The number of hydrogen-bond donors (Lipinski definition) is 0. The SMILES string of the molecule is CCOC(=O)C1CCN(c2c(C#N)c(=O)n(C)c(=O)n2C)CC1. The summed E-state index contributed by atoms with van der Waals surface area (Å²) in [4.78, 5) is 37.8. The Kier molecular flexibility index (Phi) is 4.89. The summed E-state index contributed by atoms with van der Waals surface area (Å²) in [5.41, 5.74) is -1.13. The molecule has 0 saturated carbocycles. The van der Waals surface area contributed by atoms with E-state index in [9.17, 15) is 19.6 Å². The first-order valence-corrected chi connectivity index (χ1v) is 7.54. The molecule has 0 aliphatic carbocycles. The van der Waals surface area contributed by atoms with Crippen LogP contribution in [0.3, 0.4) is 0 Å². The highest BCUT2D eigenvalue weighted by Gasteiger charge is 2.29. The maximum atomic E-state index is 12.1. The lowest BCUT2D eigenvalue weighted by Crippen LogP contribution is -2.45. The molecule has 2 rings (SSSR count). The van der Waals surface area contributed by atoms with Gasteiger partial charge in [0.1, 0.15) is 11.9 Å². The fraction of sp³-hybridized carbons (Fsp3) is 0.600. The van der Waals surface area contributed by atoms with Gasteiger partial charge in [-0.2, -0.15) is 5.26 Å². The quantitative estimate of drug-likeness (QED) is 0.712. The second-order valence-electron chi connectivity index (χ2n) is 5.53. The van der Waals surface area contributed by atoms with Gasteiger partial charge in [-0.1, -0.05) is 0 Å². The molecule has 1 aromatic heterocycles. The fourth-order valence-corrected chi connectivity index (χ4v) is 2.89. The first kappa shape index (κ1) is 16.8. The molecule has 1 saturated heterocycles. The molecule has 0 aromatic carbocycles. The number of aromatic nitrogens is 2. The Bertz CT molecular complexity index is 763. The summed E-state index contributed by atoms with van der Waals surface area (Å²) in [5, 5.41) is 9.30. The van der Waals surface area contributed by atoms with Crippen molar-refractivity contribution >= 4 is 11.8 Å². The van der Waals surface area contributed by atoms with Crippen molar-refractivity contribution in [2.45, 2.75) is 19.8 Å². The van der Waals surface area contributed by atoms with Gasteiger partial charge in [-0.15, -0.1) is 0 Å². The Morgan fingerprint density at radius 3 is 2.39 bits per heavy atom. The van der Waals surface area contributed by atoms with E-state index in [1.54, 1.807) is 6.92 Å². The van der Waals surface area contributed by atoms with Crippen LogP contribution in [0.4, 0.5) is 5.82 Å². The Hall–Kier alpha value is -2.56. The standard InChI is InChI=1S/C15H20N4O4/c1-4-23-14(21)10-5-7-19(8-6-10)12-11(9-16)13(20)18(3)15(22)17(12)2/h10H,4-8H2,1-3H3. The Morgan fingerprint density at radius 2 is 1.87 bits per heavy atom. The number of nitrogens with zero attached hydrogens (tertiary/aromatic N) is 4. The lowest BCUT2D eigenvalue weighted by atomic mass is 9.97. The van der Waals surface area contributed by atoms with E-state index in [0.29, 0.717) is 38.4 Å². The van der Waals surface area contributed by atoms with E-state index in [4.69, 9.17) is 4.74 Å². The third kappa shape index (κ3) is 2.99. The van der Waals surface area contributed by atoms with Crippen LogP contribution in [0, 0.1) is 17.2 Å². The summed E-state index contributed by atoms with van der Waals surface area (Å²) in [6.45, 7) is 3.08. The van der Waals surface area contributed by atoms with E-state index < -0.39 is 11.2 Å². The molecule has 124 valence electrons. The van der Waals surface area contributed by atoms with Gasteiger partial charge in [0.2, 0.25) is 0 Å². The highest BCUT2D eigenvalue weighted by molar-refractivity contribution is 5.73. The van der Waals surface area contributed by atoms with E-state index in [1.165, 1.54) is 18.7 Å². The van der Waals surface area contributed by atoms with E-state index >= 15 is 0 Å². The molecule has 1 fully saturated rings. The molecule has 1 aliphatic heterocycles. The van der Waals surface area contributed by atoms with Gasteiger partial charge < -0.3 is 9.64 Å². The van der Waals surface area contributed by atoms with Crippen molar-refractivity contribution in [3.63, 3.8) is 0 Å². The minimum Gasteiger partial charge on any atom is -0.466 e. The van der Waals surface area contributed by atoms with Crippen LogP contribution in [0.15, 0.2) is 9.59 Å². The summed E-state index contributed by atoms with van der Waals surface area (Å²) < 4.78 is 7.26. The second kappa shape index (κ2) is 6.69. The van der Waals surface area contributed by atoms with Crippen LogP contribution < -0.4 is 16.1 Å².